The fourth-order valence-corrected chi connectivity index (χ4v) is 6.37. The first kappa shape index (κ1) is 44.4. The quantitative estimate of drug-likeness (QED) is 0.183. The third-order valence-electron chi connectivity index (χ3n) is 8.78. The van der Waals surface area contributed by atoms with Crippen LogP contribution in [0.5, 0.6) is 0 Å². The number of hydrogen-bond acceptors (Lipinski definition) is 4. The van der Waals surface area contributed by atoms with Crippen molar-refractivity contribution in [3.63, 3.8) is 0 Å². The zero-order valence-corrected chi connectivity index (χ0v) is 34.1. The second-order valence-electron chi connectivity index (χ2n) is 12.2. The van der Waals surface area contributed by atoms with E-state index in [4.69, 9.17) is 0 Å². The Bertz CT molecular complexity index is 1410. The summed E-state index contributed by atoms with van der Waals surface area (Å²) >= 11 is 0. The summed E-state index contributed by atoms with van der Waals surface area (Å²) in [6, 6.07) is 34.6. The molecule has 0 atom stereocenters. The highest BCUT2D eigenvalue weighted by molar-refractivity contribution is 5.57. The molecular formula is C46H72N4. The molecule has 4 aromatic carbocycles. The third-order valence-corrected chi connectivity index (χ3v) is 8.78. The van der Waals surface area contributed by atoms with Gasteiger partial charge in [0, 0.05) is 64.7 Å². The van der Waals surface area contributed by atoms with E-state index in [0.29, 0.717) is 0 Å². The average molecular weight is 681 g/mol. The van der Waals surface area contributed by atoms with Gasteiger partial charge in [-0.2, -0.15) is 0 Å². The molecule has 50 heavy (non-hydrogen) atoms. The van der Waals surface area contributed by atoms with E-state index in [1.807, 2.05) is 55.4 Å². The molecule has 4 aromatic rings. The Labute approximate surface area is 309 Å². The van der Waals surface area contributed by atoms with Crippen LogP contribution in [0.3, 0.4) is 0 Å². The molecule has 4 heteroatoms. The molecule has 0 bridgehead atoms. The Morgan fingerprint density at radius 1 is 0.340 bits per heavy atom. The Balaban J connectivity index is 0.000000312. The van der Waals surface area contributed by atoms with Crippen LogP contribution in [0, 0.1) is 0 Å². The molecule has 0 fully saturated rings. The lowest BCUT2D eigenvalue weighted by Gasteiger charge is -2.26. The molecule has 0 unspecified atom stereocenters. The van der Waals surface area contributed by atoms with E-state index >= 15 is 0 Å². The number of aryl methyl sites for hydroxylation is 1. The van der Waals surface area contributed by atoms with Crippen molar-refractivity contribution in [1.29, 1.82) is 0 Å². The fourth-order valence-electron chi connectivity index (χ4n) is 6.37. The number of benzene rings is 4. The highest BCUT2D eigenvalue weighted by atomic mass is 15.1. The summed E-state index contributed by atoms with van der Waals surface area (Å²) in [4.78, 5) is 9.32. The van der Waals surface area contributed by atoms with Crippen molar-refractivity contribution in [3.05, 3.63) is 130 Å². The van der Waals surface area contributed by atoms with Gasteiger partial charge in [-0.1, -0.05) is 140 Å². The van der Waals surface area contributed by atoms with Gasteiger partial charge >= 0.3 is 0 Å². The van der Waals surface area contributed by atoms with Gasteiger partial charge in [0.05, 0.1) is 0 Å². The molecule has 0 amide bonds. The molecule has 0 radical (unpaired) electrons. The number of nitrogens with zero attached hydrogens (tertiary/aromatic N) is 4. The van der Waals surface area contributed by atoms with Crippen LogP contribution in [0.4, 0.5) is 11.4 Å². The van der Waals surface area contributed by atoms with Crippen molar-refractivity contribution < 1.29 is 0 Å². The van der Waals surface area contributed by atoms with Crippen LogP contribution in [-0.4, -0.2) is 57.6 Å². The first-order valence-electron chi connectivity index (χ1n) is 19.6. The van der Waals surface area contributed by atoms with Crippen LogP contribution in [0.25, 0.3) is 0 Å². The number of anilines is 2. The normalized spacial score (nSPS) is 14.6. The van der Waals surface area contributed by atoms with E-state index in [0.717, 1.165) is 19.6 Å². The molecule has 8 rings (SSSR count). The molecule has 4 aliphatic rings. The van der Waals surface area contributed by atoms with Crippen molar-refractivity contribution in [2.75, 3.05) is 57.6 Å². The summed E-state index contributed by atoms with van der Waals surface area (Å²) in [5.74, 6) is 0. The Kier molecular flexibility index (Phi) is 23.3. The van der Waals surface area contributed by atoms with Crippen molar-refractivity contribution in [2.45, 2.75) is 101 Å². The molecule has 0 aromatic heterocycles. The SMILES string of the molecule is CC.CC.CC.CC.CN1CCCc2ccccc21.CN1CCc2ccccc21.CN1CCc2ccccc2C1.CN1Cc2ccccc2C1. The molecule has 4 aliphatic heterocycles. The van der Waals surface area contributed by atoms with Crippen LogP contribution in [0.15, 0.2) is 97.1 Å². The minimum absolute atomic E-state index is 1.12. The van der Waals surface area contributed by atoms with Gasteiger partial charge in [0.25, 0.3) is 0 Å². The standard InChI is InChI=1S/2C10H13N.2C9H11N.4C2H6/c1-11-8-4-6-9-5-2-3-7-10(9)11;1-11-7-6-9-4-2-3-5-10(9)8-11;1-10-6-8-4-2-3-5-9(8)7-10;1-10-7-6-8-4-2-3-5-9(8)10;4*1-2/h2-3,5,7H,4,6,8H2,1H3;2-5H,6-8H2,1H3;2*2-5H,6-7H2,1H3;4*1-2H3. The van der Waals surface area contributed by atoms with E-state index < -0.39 is 0 Å². The van der Waals surface area contributed by atoms with Crippen LogP contribution in [-0.2, 0) is 38.9 Å². The highest BCUT2D eigenvalue weighted by Crippen LogP contribution is 2.26. The minimum atomic E-state index is 1.12. The highest BCUT2D eigenvalue weighted by Gasteiger charge is 2.14. The maximum absolute atomic E-state index is 2.36. The maximum atomic E-state index is 2.36. The molecule has 276 valence electrons. The van der Waals surface area contributed by atoms with Crippen molar-refractivity contribution in [1.82, 2.24) is 9.80 Å². The number of likely N-dealkylation sites (N-methyl/N-ethyl adjacent to an activating group) is 2. The predicted molar refractivity (Wildman–Crippen MR) is 225 cm³/mol. The van der Waals surface area contributed by atoms with Crippen molar-refractivity contribution in [3.8, 4) is 0 Å². The van der Waals surface area contributed by atoms with Crippen LogP contribution in [0.1, 0.15) is 95.2 Å². The summed E-state index contributed by atoms with van der Waals surface area (Å²) in [7, 11) is 8.64. The van der Waals surface area contributed by atoms with E-state index in [2.05, 4.69) is 145 Å². The average Bonchev–Trinajstić information content (AvgIpc) is 3.77. The van der Waals surface area contributed by atoms with Gasteiger partial charge in [-0.25, -0.2) is 0 Å². The second-order valence-corrected chi connectivity index (χ2v) is 12.2. The van der Waals surface area contributed by atoms with Crippen LogP contribution >= 0.6 is 0 Å². The molecule has 0 spiro atoms. The van der Waals surface area contributed by atoms with Crippen LogP contribution in [0.2, 0.25) is 0 Å². The van der Waals surface area contributed by atoms with Crippen molar-refractivity contribution >= 4 is 11.4 Å². The lowest BCUT2D eigenvalue weighted by atomic mass is 10.0. The zero-order chi connectivity index (χ0) is 37.3. The Morgan fingerprint density at radius 2 is 0.680 bits per heavy atom. The van der Waals surface area contributed by atoms with Gasteiger partial charge < -0.3 is 14.7 Å². The predicted octanol–water partition coefficient (Wildman–Crippen LogP) is 11.2. The molecule has 4 nitrogen and oxygen atoms in total. The van der Waals surface area contributed by atoms with E-state index in [1.54, 1.807) is 0 Å². The summed E-state index contributed by atoms with van der Waals surface area (Å²) in [5, 5.41) is 0. The number of rotatable bonds is 0. The zero-order valence-electron chi connectivity index (χ0n) is 34.1. The molecular weight excluding hydrogens is 609 g/mol. The first-order valence-corrected chi connectivity index (χ1v) is 19.6. The van der Waals surface area contributed by atoms with E-state index in [9.17, 15) is 0 Å². The summed E-state index contributed by atoms with van der Waals surface area (Å²) < 4.78 is 0. The first-order chi connectivity index (χ1) is 24.5. The van der Waals surface area contributed by atoms with Gasteiger partial charge in [0.2, 0.25) is 0 Å². The van der Waals surface area contributed by atoms with Gasteiger partial charge in [-0.15, -0.1) is 0 Å². The number of hydrogen-bond donors (Lipinski definition) is 0. The molecule has 0 aliphatic carbocycles. The monoisotopic (exact) mass is 681 g/mol. The maximum Gasteiger partial charge on any atom is 0.0396 e. The number of fused-ring (bicyclic) bond motifs is 4. The van der Waals surface area contributed by atoms with Crippen LogP contribution < -0.4 is 9.80 Å². The van der Waals surface area contributed by atoms with Gasteiger partial charge in [-0.3, -0.25) is 4.90 Å². The van der Waals surface area contributed by atoms with E-state index in [-0.39, 0.29) is 0 Å². The smallest absolute Gasteiger partial charge is 0.0396 e. The molecule has 0 saturated heterocycles. The molecule has 0 N–H and O–H groups in total. The third kappa shape index (κ3) is 14.3. The molecule has 4 heterocycles. The minimum Gasteiger partial charge on any atom is -0.374 e. The Hall–Kier alpha value is -3.60. The summed E-state index contributed by atoms with van der Waals surface area (Å²) in [6.45, 7) is 23.0. The number of para-hydroxylation sites is 2. The fraction of sp³-hybridized carbons (Fsp3) is 0.478. The molecule has 0 saturated carbocycles. The largest absolute Gasteiger partial charge is 0.374 e. The summed E-state index contributed by atoms with van der Waals surface area (Å²) in [5.41, 5.74) is 11.8. The lowest BCUT2D eigenvalue weighted by molar-refractivity contribution is 0.313. The van der Waals surface area contributed by atoms with Gasteiger partial charge in [-0.05, 0) is 85.3 Å². The van der Waals surface area contributed by atoms with E-state index in [1.165, 1.54) is 90.1 Å². The topological polar surface area (TPSA) is 13.0 Å². The lowest BCUT2D eigenvalue weighted by Crippen LogP contribution is -2.26. The second kappa shape index (κ2) is 26.2. The Morgan fingerprint density at radius 3 is 1.16 bits per heavy atom. The van der Waals surface area contributed by atoms with Gasteiger partial charge in [0.15, 0.2) is 0 Å². The summed E-state index contributed by atoms with van der Waals surface area (Å²) in [6.07, 6.45) is 4.98. The van der Waals surface area contributed by atoms with Gasteiger partial charge in [0.1, 0.15) is 0 Å². The van der Waals surface area contributed by atoms with Crippen molar-refractivity contribution in [2.24, 2.45) is 0 Å².